The van der Waals surface area contributed by atoms with E-state index in [-0.39, 0.29) is 0 Å². The average molecular weight is 261 g/mol. The molecule has 1 heterocycles. The van der Waals surface area contributed by atoms with Gasteiger partial charge in [-0.05, 0) is 41.6 Å². The average Bonchev–Trinajstić information content (AvgIpc) is 2.77. The first-order valence-corrected chi connectivity index (χ1v) is 6.53. The molecule has 2 aromatic rings. The van der Waals surface area contributed by atoms with E-state index < -0.39 is 5.97 Å². The third-order valence-electron chi connectivity index (χ3n) is 2.79. The van der Waals surface area contributed by atoms with Crippen LogP contribution in [0.25, 0.3) is 0 Å². The van der Waals surface area contributed by atoms with E-state index in [1.807, 2.05) is 43.6 Å². The SMILES string of the molecule is Cc1cccc(N(C)Cc2ccsc2C(=O)O)c1. The fraction of sp³-hybridized carbons (Fsp3) is 0.214. The van der Waals surface area contributed by atoms with E-state index in [1.165, 1.54) is 16.9 Å². The Bertz CT molecular complexity index is 562. The van der Waals surface area contributed by atoms with Crippen LogP contribution in [-0.2, 0) is 6.54 Å². The molecule has 1 aromatic carbocycles. The van der Waals surface area contributed by atoms with Gasteiger partial charge in [0.25, 0.3) is 0 Å². The van der Waals surface area contributed by atoms with Crippen LogP contribution in [0.15, 0.2) is 35.7 Å². The van der Waals surface area contributed by atoms with E-state index in [4.69, 9.17) is 5.11 Å². The molecule has 0 saturated heterocycles. The molecule has 0 amide bonds. The summed E-state index contributed by atoms with van der Waals surface area (Å²) in [7, 11) is 1.97. The zero-order valence-electron chi connectivity index (χ0n) is 10.4. The quantitative estimate of drug-likeness (QED) is 0.917. The Balaban J connectivity index is 2.18. The third kappa shape index (κ3) is 2.71. The predicted molar refractivity (Wildman–Crippen MR) is 74.6 cm³/mol. The van der Waals surface area contributed by atoms with Gasteiger partial charge in [0.2, 0.25) is 0 Å². The Labute approximate surface area is 110 Å². The highest BCUT2D eigenvalue weighted by Gasteiger charge is 2.13. The van der Waals surface area contributed by atoms with Crippen LogP contribution in [-0.4, -0.2) is 18.1 Å². The number of aromatic carboxylic acids is 1. The number of rotatable bonds is 4. The second-order valence-electron chi connectivity index (χ2n) is 4.28. The molecular formula is C14H15NO2S. The molecule has 3 nitrogen and oxygen atoms in total. The Morgan fingerprint density at radius 2 is 2.17 bits per heavy atom. The molecule has 0 radical (unpaired) electrons. The van der Waals surface area contributed by atoms with Gasteiger partial charge in [0, 0.05) is 19.3 Å². The minimum atomic E-state index is -0.849. The molecule has 1 N–H and O–H groups in total. The number of thiophene rings is 1. The van der Waals surface area contributed by atoms with Crippen LogP contribution in [0.2, 0.25) is 0 Å². The van der Waals surface area contributed by atoms with Crippen molar-refractivity contribution in [3.63, 3.8) is 0 Å². The Morgan fingerprint density at radius 3 is 2.83 bits per heavy atom. The first-order chi connectivity index (χ1) is 8.58. The molecule has 18 heavy (non-hydrogen) atoms. The number of aryl methyl sites for hydroxylation is 1. The molecule has 0 aliphatic heterocycles. The van der Waals surface area contributed by atoms with Crippen LogP contribution >= 0.6 is 11.3 Å². The van der Waals surface area contributed by atoms with Crippen molar-refractivity contribution in [2.75, 3.05) is 11.9 Å². The van der Waals surface area contributed by atoms with Gasteiger partial charge in [0.1, 0.15) is 4.88 Å². The van der Waals surface area contributed by atoms with Gasteiger partial charge < -0.3 is 10.0 Å². The molecule has 0 bridgehead atoms. The summed E-state index contributed by atoms with van der Waals surface area (Å²) in [4.78, 5) is 13.5. The summed E-state index contributed by atoms with van der Waals surface area (Å²) >= 11 is 1.27. The lowest BCUT2D eigenvalue weighted by atomic mass is 10.2. The van der Waals surface area contributed by atoms with Crippen LogP contribution in [0.3, 0.4) is 0 Å². The molecular weight excluding hydrogens is 246 g/mol. The molecule has 0 aliphatic carbocycles. The molecule has 0 aliphatic rings. The summed E-state index contributed by atoms with van der Waals surface area (Å²) in [5.41, 5.74) is 3.15. The highest BCUT2D eigenvalue weighted by Crippen LogP contribution is 2.22. The van der Waals surface area contributed by atoms with Crippen molar-refractivity contribution in [3.8, 4) is 0 Å². The monoisotopic (exact) mass is 261 g/mol. The number of hydrogen-bond donors (Lipinski definition) is 1. The maximum atomic E-state index is 11.0. The molecule has 2 rings (SSSR count). The number of benzene rings is 1. The van der Waals surface area contributed by atoms with E-state index in [0.717, 1.165) is 11.3 Å². The normalized spacial score (nSPS) is 10.3. The number of carboxylic acid groups (broad SMARTS) is 1. The minimum Gasteiger partial charge on any atom is -0.477 e. The lowest BCUT2D eigenvalue weighted by Crippen LogP contribution is -2.17. The van der Waals surface area contributed by atoms with Gasteiger partial charge in [-0.2, -0.15) is 0 Å². The molecule has 0 atom stereocenters. The first-order valence-electron chi connectivity index (χ1n) is 5.65. The maximum Gasteiger partial charge on any atom is 0.346 e. The van der Waals surface area contributed by atoms with Crippen molar-refractivity contribution < 1.29 is 9.90 Å². The highest BCUT2D eigenvalue weighted by atomic mass is 32.1. The first kappa shape index (κ1) is 12.6. The van der Waals surface area contributed by atoms with E-state index in [9.17, 15) is 4.79 Å². The van der Waals surface area contributed by atoms with Crippen molar-refractivity contribution in [2.24, 2.45) is 0 Å². The smallest absolute Gasteiger partial charge is 0.346 e. The highest BCUT2D eigenvalue weighted by molar-refractivity contribution is 7.12. The molecule has 0 fully saturated rings. The van der Waals surface area contributed by atoms with Crippen molar-refractivity contribution >= 4 is 23.0 Å². The van der Waals surface area contributed by atoms with Crippen LogP contribution in [0, 0.1) is 6.92 Å². The van der Waals surface area contributed by atoms with Crippen molar-refractivity contribution in [1.29, 1.82) is 0 Å². The van der Waals surface area contributed by atoms with E-state index in [1.54, 1.807) is 0 Å². The molecule has 0 unspecified atom stereocenters. The molecule has 0 saturated carbocycles. The Morgan fingerprint density at radius 1 is 1.39 bits per heavy atom. The summed E-state index contributed by atoms with van der Waals surface area (Å²) < 4.78 is 0. The van der Waals surface area contributed by atoms with Crippen LogP contribution in [0.1, 0.15) is 20.8 Å². The Hall–Kier alpha value is -1.81. The molecule has 94 valence electrons. The van der Waals surface area contributed by atoms with Gasteiger partial charge in [0.15, 0.2) is 0 Å². The number of nitrogens with zero attached hydrogens (tertiary/aromatic N) is 1. The van der Waals surface area contributed by atoms with Crippen molar-refractivity contribution in [2.45, 2.75) is 13.5 Å². The van der Waals surface area contributed by atoms with Gasteiger partial charge in [-0.1, -0.05) is 12.1 Å². The second kappa shape index (κ2) is 5.23. The van der Waals surface area contributed by atoms with Gasteiger partial charge >= 0.3 is 5.97 Å². The lowest BCUT2D eigenvalue weighted by Gasteiger charge is -2.19. The number of anilines is 1. The van der Waals surface area contributed by atoms with E-state index in [0.29, 0.717) is 11.4 Å². The summed E-state index contributed by atoms with van der Waals surface area (Å²) in [6, 6.07) is 10.0. The zero-order chi connectivity index (χ0) is 13.1. The largest absolute Gasteiger partial charge is 0.477 e. The van der Waals surface area contributed by atoms with Crippen LogP contribution in [0.4, 0.5) is 5.69 Å². The lowest BCUT2D eigenvalue weighted by molar-refractivity contribution is 0.0701. The van der Waals surface area contributed by atoms with Crippen LogP contribution in [0.5, 0.6) is 0 Å². The molecule has 1 aromatic heterocycles. The van der Waals surface area contributed by atoms with E-state index in [2.05, 4.69) is 11.0 Å². The van der Waals surface area contributed by atoms with Gasteiger partial charge in [-0.15, -0.1) is 11.3 Å². The van der Waals surface area contributed by atoms with Gasteiger partial charge in [-0.25, -0.2) is 4.79 Å². The Kier molecular flexibility index (Phi) is 3.67. The molecule has 0 spiro atoms. The third-order valence-corrected chi connectivity index (χ3v) is 3.74. The molecule has 4 heteroatoms. The topological polar surface area (TPSA) is 40.5 Å². The maximum absolute atomic E-state index is 11.0. The number of hydrogen-bond acceptors (Lipinski definition) is 3. The summed E-state index contributed by atoms with van der Waals surface area (Å²) in [6.45, 7) is 2.65. The fourth-order valence-electron chi connectivity index (χ4n) is 1.86. The van der Waals surface area contributed by atoms with E-state index >= 15 is 0 Å². The van der Waals surface area contributed by atoms with Gasteiger partial charge in [-0.3, -0.25) is 0 Å². The number of carbonyl (C=O) groups is 1. The van der Waals surface area contributed by atoms with Crippen molar-refractivity contribution in [1.82, 2.24) is 0 Å². The summed E-state index contributed by atoms with van der Waals surface area (Å²) in [5, 5.41) is 10.9. The second-order valence-corrected chi connectivity index (χ2v) is 5.19. The minimum absolute atomic E-state index is 0.425. The fourth-order valence-corrected chi connectivity index (χ4v) is 2.61. The zero-order valence-corrected chi connectivity index (χ0v) is 11.2. The number of carboxylic acids is 1. The summed E-state index contributed by atoms with van der Waals surface area (Å²) in [5.74, 6) is -0.849. The van der Waals surface area contributed by atoms with Crippen LogP contribution < -0.4 is 4.90 Å². The predicted octanol–water partition coefficient (Wildman–Crippen LogP) is 3.39. The summed E-state index contributed by atoms with van der Waals surface area (Å²) in [6.07, 6.45) is 0. The van der Waals surface area contributed by atoms with Gasteiger partial charge in [0.05, 0.1) is 0 Å². The van der Waals surface area contributed by atoms with Crippen molar-refractivity contribution in [3.05, 3.63) is 51.7 Å². The standard InChI is InChI=1S/C14H15NO2S/c1-10-4-3-5-12(8-10)15(2)9-11-6-7-18-13(11)14(16)17/h3-8H,9H2,1-2H3,(H,16,17).